The summed E-state index contributed by atoms with van der Waals surface area (Å²) in [5, 5.41) is 16.7. The second kappa shape index (κ2) is 8.42. The molecule has 170 valence electrons. The molecule has 0 bridgehead atoms. The highest BCUT2D eigenvalue weighted by atomic mass is 16.5. The SMILES string of the molecule is COc1ccc(C2CC(c3c(O)n(-c4cc(C)cc(C)c4)c(=O)[nH]c3=O)=NN2C(C)=O)cc1. The Morgan fingerprint density at radius 2 is 1.76 bits per heavy atom. The fraction of sp³-hybridized carbons (Fsp3) is 0.250. The predicted octanol–water partition coefficient (Wildman–Crippen LogP) is 2.55. The van der Waals surface area contributed by atoms with Crippen molar-refractivity contribution >= 4 is 11.6 Å². The molecule has 0 saturated carbocycles. The standard InChI is InChI=1S/C24H24N4O5/c1-13-9-14(2)11-17(10-13)27-23(31)21(22(30)25-24(27)32)19-12-20(28(26-19)15(3)29)16-5-7-18(33-4)8-6-16/h5-11,20,31H,12H2,1-4H3,(H,25,30,32). The van der Waals surface area contributed by atoms with Crippen molar-refractivity contribution in [2.24, 2.45) is 5.10 Å². The third kappa shape index (κ3) is 4.05. The topological polar surface area (TPSA) is 117 Å². The number of rotatable bonds is 4. The summed E-state index contributed by atoms with van der Waals surface area (Å²) in [6.07, 6.45) is 0.188. The van der Waals surface area contributed by atoms with Crippen LogP contribution >= 0.6 is 0 Å². The first-order chi connectivity index (χ1) is 15.7. The maximum absolute atomic E-state index is 12.7. The number of hydrogen-bond acceptors (Lipinski definition) is 6. The molecule has 1 unspecified atom stereocenters. The summed E-state index contributed by atoms with van der Waals surface area (Å²) < 4.78 is 6.23. The number of carbonyl (C=O) groups is 1. The van der Waals surface area contributed by atoms with Crippen molar-refractivity contribution in [3.05, 3.63) is 85.6 Å². The number of methoxy groups -OCH3 is 1. The van der Waals surface area contributed by atoms with Gasteiger partial charge in [-0.05, 0) is 54.8 Å². The number of H-pyrrole nitrogens is 1. The molecule has 1 aliphatic rings. The molecule has 9 heteroatoms. The number of hydrazone groups is 1. The second-order valence-electron chi connectivity index (χ2n) is 8.04. The maximum Gasteiger partial charge on any atom is 0.335 e. The van der Waals surface area contributed by atoms with Crippen LogP contribution in [0.2, 0.25) is 0 Å². The monoisotopic (exact) mass is 448 g/mol. The number of amides is 1. The molecule has 1 aromatic heterocycles. The van der Waals surface area contributed by atoms with E-state index in [1.54, 1.807) is 31.4 Å². The molecule has 0 fully saturated rings. The van der Waals surface area contributed by atoms with E-state index in [1.807, 2.05) is 32.0 Å². The largest absolute Gasteiger partial charge is 0.497 e. The van der Waals surface area contributed by atoms with E-state index in [-0.39, 0.29) is 23.6 Å². The lowest BCUT2D eigenvalue weighted by atomic mass is 9.99. The number of ether oxygens (including phenoxy) is 1. The zero-order valence-electron chi connectivity index (χ0n) is 18.7. The van der Waals surface area contributed by atoms with Crippen LogP contribution in [-0.4, -0.2) is 38.4 Å². The fourth-order valence-corrected chi connectivity index (χ4v) is 4.14. The Hall–Kier alpha value is -4.14. The van der Waals surface area contributed by atoms with Crippen LogP contribution in [0.5, 0.6) is 11.6 Å². The zero-order valence-corrected chi connectivity index (χ0v) is 18.7. The van der Waals surface area contributed by atoms with Gasteiger partial charge in [0.05, 0.1) is 24.6 Å². The van der Waals surface area contributed by atoms with E-state index in [1.165, 1.54) is 11.9 Å². The van der Waals surface area contributed by atoms with E-state index < -0.39 is 23.2 Å². The molecule has 1 aliphatic heterocycles. The Morgan fingerprint density at radius 3 is 2.33 bits per heavy atom. The predicted molar refractivity (Wildman–Crippen MR) is 123 cm³/mol. The van der Waals surface area contributed by atoms with Gasteiger partial charge in [-0.25, -0.2) is 14.4 Å². The molecule has 0 aliphatic carbocycles. The first kappa shape index (κ1) is 22.1. The molecule has 1 atom stereocenters. The Balaban J connectivity index is 1.83. The van der Waals surface area contributed by atoms with E-state index in [9.17, 15) is 19.5 Å². The molecular weight excluding hydrogens is 424 g/mol. The van der Waals surface area contributed by atoms with Crippen LogP contribution in [0.3, 0.4) is 0 Å². The van der Waals surface area contributed by atoms with Gasteiger partial charge in [0.2, 0.25) is 11.8 Å². The number of aromatic nitrogens is 2. The van der Waals surface area contributed by atoms with Crippen LogP contribution in [0.25, 0.3) is 5.69 Å². The van der Waals surface area contributed by atoms with Gasteiger partial charge >= 0.3 is 5.69 Å². The minimum absolute atomic E-state index is 0.143. The highest BCUT2D eigenvalue weighted by Crippen LogP contribution is 2.34. The van der Waals surface area contributed by atoms with Gasteiger partial charge in [-0.3, -0.25) is 14.6 Å². The van der Waals surface area contributed by atoms with Gasteiger partial charge in [0.15, 0.2) is 0 Å². The summed E-state index contributed by atoms with van der Waals surface area (Å²) in [7, 11) is 1.56. The van der Waals surface area contributed by atoms with E-state index in [4.69, 9.17) is 4.74 Å². The summed E-state index contributed by atoms with van der Waals surface area (Å²) >= 11 is 0. The third-order valence-electron chi connectivity index (χ3n) is 5.57. The van der Waals surface area contributed by atoms with Gasteiger partial charge in [-0.2, -0.15) is 5.10 Å². The molecule has 3 aromatic rings. The van der Waals surface area contributed by atoms with Gasteiger partial charge in [-0.1, -0.05) is 18.2 Å². The minimum Gasteiger partial charge on any atom is -0.497 e. The Kier molecular flexibility index (Phi) is 5.63. The number of aromatic hydroxyl groups is 1. The number of hydrogen-bond donors (Lipinski definition) is 2. The third-order valence-corrected chi connectivity index (χ3v) is 5.57. The van der Waals surface area contributed by atoms with E-state index >= 15 is 0 Å². The summed E-state index contributed by atoms with van der Waals surface area (Å²) in [6.45, 7) is 5.12. The minimum atomic E-state index is -0.768. The molecule has 9 nitrogen and oxygen atoms in total. The molecule has 0 radical (unpaired) electrons. The summed E-state index contributed by atoms with van der Waals surface area (Å²) in [5.41, 5.74) is 1.54. The first-order valence-corrected chi connectivity index (χ1v) is 10.4. The summed E-state index contributed by atoms with van der Waals surface area (Å²) in [5.74, 6) is -0.169. The second-order valence-corrected chi connectivity index (χ2v) is 8.04. The zero-order chi connectivity index (χ0) is 23.9. The van der Waals surface area contributed by atoms with Gasteiger partial charge in [-0.15, -0.1) is 0 Å². The number of aromatic amines is 1. The van der Waals surface area contributed by atoms with Gasteiger partial charge in [0.25, 0.3) is 5.56 Å². The molecule has 1 amide bonds. The van der Waals surface area contributed by atoms with Crippen molar-refractivity contribution in [1.82, 2.24) is 14.6 Å². The van der Waals surface area contributed by atoms with Crippen LogP contribution < -0.4 is 16.0 Å². The van der Waals surface area contributed by atoms with E-state index in [0.717, 1.165) is 21.3 Å². The molecule has 33 heavy (non-hydrogen) atoms. The molecule has 0 saturated heterocycles. The quantitative estimate of drug-likeness (QED) is 0.636. The lowest BCUT2D eigenvalue weighted by Crippen LogP contribution is -2.33. The number of nitrogens with one attached hydrogen (secondary N) is 1. The van der Waals surface area contributed by atoms with E-state index in [0.29, 0.717) is 11.4 Å². The molecule has 0 spiro atoms. The smallest absolute Gasteiger partial charge is 0.335 e. The lowest BCUT2D eigenvalue weighted by molar-refractivity contribution is -0.130. The van der Waals surface area contributed by atoms with Gasteiger partial charge in [0, 0.05) is 13.3 Å². The Morgan fingerprint density at radius 1 is 1.12 bits per heavy atom. The average molecular weight is 448 g/mol. The fourth-order valence-electron chi connectivity index (χ4n) is 4.14. The normalized spacial score (nSPS) is 15.5. The van der Waals surface area contributed by atoms with Gasteiger partial charge in [0.1, 0.15) is 11.3 Å². The number of benzene rings is 2. The van der Waals surface area contributed by atoms with Gasteiger partial charge < -0.3 is 9.84 Å². The summed E-state index contributed by atoms with van der Waals surface area (Å²) in [4.78, 5) is 39.9. The van der Waals surface area contributed by atoms with Crippen LogP contribution in [0.1, 0.15) is 41.6 Å². The molecule has 4 rings (SSSR count). The van der Waals surface area contributed by atoms with Crippen LogP contribution in [0.15, 0.2) is 57.2 Å². The highest BCUT2D eigenvalue weighted by molar-refractivity contribution is 6.04. The van der Waals surface area contributed by atoms with Crippen molar-refractivity contribution in [2.75, 3.05) is 7.11 Å². The van der Waals surface area contributed by atoms with Crippen molar-refractivity contribution in [3.8, 4) is 17.3 Å². The number of nitrogens with zero attached hydrogens (tertiary/aromatic N) is 3. The Bertz CT molecular complexity index is 1370. The number of aryl methyl sites for hydroxylation is 2. The summed E-state index contributed by atoms with van der Waals surface area (Å²) in [6, 6.07) is 12.1. The van der Waals surface area contributed by atoms with Crippen LogP contribution in [0, 0.1) is 13.8 Å². The molecule has 2 heterocycles. The lowest BCUT2D eigenvalue weighted by Gasteiger charge is -2.20. The molecular formula is C24H24N4O5. The van der Waals surface area contributed by atoms with E-state index in [2.05, 4.69) is 10.1 Å². The van der Waals surface area contributed by atoms with Crippen molar-refractivity contribution < 1.29 is 14.6 Å². The molecule has 2 N–H and O–H groups in total. The highest BCUT2D eigenvalue weighted by Gasteiger charge is 2.34. The van der Waals surface area contributed by atoms with Crippen LogP contribution in [0.4, 0.5) is 0 Å². The molecule has 2 aromatic carbocycles. The Labute approximate surface area is 189 Å². The number of carbonyl (C=O) groups excluding carboxylic acids is 1. The first-order valence-electron chi connectivity index (χ1n) is 10.4. The van der Waals surface area contributed by atoms with Crippen molar-refractivity contribution in [1.29, 1.82) is 0 Å². The maximum atomic E-state index is 12.7. The average Bonchev–Trinajstić information content (AvgIpc) is 3.18. The van der Waals surface area contributed by atoms with Crippen molar-refractivity contribution in [2.45, 2.75) is 33.2 Å². The van der Waals surface area contributed by atoms with Crippen LogP contribution in [-0.2, 0) is 4.79 Å². The van der Waals surface area contributed by atoms with Crippen molar-refractivity contribution in [3.63, 3.8) is 0 Å².